The van der Waals surface area contributed by atoms with E-state index in [0.29, 0.717) is 24.1 Å². The highest BCUT2D eigenvalue weighted by Gasteiger charge is 2.49. The predicted molar refractivity (Wildman–Crippen MR) is 115 cm³/mol. The lowest BCUT2D eigenvalue weighted by molar-refractivity contribution is 0.151. The lowest BCUT2D eigenvalue weighted by Crippen LogP contribution is -2.41. The van der Waals surface area contributed by atoms with Crippen molar-refractivity contribution in [3.05, 3.63) is 65.0 Å². The van der Waals surface area contributed by atoms with Crippen molar-refractivity contribution in [2.45, 2.75) is 19.5 Å². The second-order valence-corrected chi connectivity index (χ2v) is 8.75. The number of fused-ring (bicyclic) bond motifs is 1. The molecular formula is C24H30FN3O2. The average Bonchev–Trinajstić information content (AvgIpc) is 3.24. The molecule has 0 radical (unpaired) electrons. The van der Waals surface area contributed by atoms with Crippen LogP contribution in [0.5, 0.6) is 5.75 Å². The average molecular weight is 412 g/mol. The highest BCUT2D eigenvalue weighted by atomic mass is 19.1. The van der Waals surface area contributed by atoms with Crippen molar-refractivity contribution in [3.8, 4) is 5.75 Å². The number of carbonyl (C=O) groups is 1. The van der Waals surface area contributed by atoms with E-state index in [9.17, 15) is 9.18 Å². The lowest BCUT2D eigenvalue weighted by Gasteiger charge is -2.32. The van der Waals surface area contributed by atoms with Gasteiger partial charge in [-0.15, -0.1) is 0 Å². The molecule has 4 rings (SSSR count). The number of amides is 2. The van der Waals surface area contributed by atoms with Crippen LogP contribution in [0.25, 0.3) is 0 Å². The highest BCUT2D eigenvalue weighted by Crippen LogP contribution is 2.46. The van der Waals surface area contributed by atoms with Gasteiger partial charge in [-0.05, 0) is 41.7 Å². The van der Waals surface area contributed by atoms with Gasteiger partial charge in [0.15, 0.2) is 0 Å². The SMILES string of the molecule is COc1cc(F)cc(CN2C[C@@H]3CN(C(=O)N(C)C)[C@@H](c4ccccc4C)[C@@H]3C2)c1. The lowest BCUT2D eigenvalue weighted by atomic mass is 9.88. The van der Waals surface area contributed by atoms with Gasteiger partial charge in [-0.2, -0.15) is 0 Å². The Bertz CT molecular complexity index is 932. The summed E-state index contributed by atoms with van der Waals surface area (Å²) in [7, 11) is 5.19. The Morgan fingerprint density at radius 2 is 1.93 bits per heavy atom. The van der Waals surface area contributed by atoms with E-state index in [2.05, 4.69) is 30.0 Å². The van der Waals surface area contributed by atoms with Crippen LogP contribution in [-0.4, -0.2) is 61.6 Å². The van der Waals surface area contributed by atoms with Gasteiger partial charge >= 0.3 is 6.03 Å². The van der Waals surface area contributed by atoms with Crippen molar-refractivity contribution < 1.29 is 13.9 Å². The van der Waals surface area contributed by atoms with Crippen LogP contribution in [0.4, 0.5) is 9.18 Å². The van der Waals surface area contributed by atoms with Gasteiger partial charge in [-0.1, -0.05) is 24.3 Å². The van der Waals surface area contributed by atoms with Crippen LogP contribution < -0.4 is 4.74 Å². The summed E-state index contributed by atoms with van der Waals surface area (Å²) in [4.78, 5) is 19.0. The van der Waals surface area contributed by atoms with Gasteiger partial charge in [0.05, 0.1) is 13.2 Å². The first kappa shape index (κ1) is 20.7. The molecule has 2 aliphatic rings. The molecule has 6 heteroatoms. The van der Waals surface area contributed by atoms with E-state index >= 15 is 0 Å². The van der Waals surface area contributed by atoms with E-state index in [4.69, 9.17) is 4.74 Å². The maximum atomic E-state index is 13.9. The van der Waals surface area contributed by atoms with Gasteiger partial charge in [0.25, 0.3) is 0 Å². The number of hydrogen-bond donors (Lipinski definition) is 0. The minimum Gasteiger partial charge on any atom is -0.497 e. The molecular weight excluding hydrogens is 381 g/mol. The second kappa shape index (κ2) is 8.26. The molecule has 2 amide bonds. The van der Waals surface area contributed by atoms with Crippen LogP contribution in [0.3, 0.4) is 0 Å². The van der Waals surface area contributed by atoms with Crippen molar-refractivity contribution in [2.24, 2.45) is 11.8 Å². The Balaban J connectivity index is 1.58. The Morgan fingerprint density at radius 1 is 1.17 bits per heavy atom. The third-order valence-corrected chi connectivity index (χ3v) is 6.45. The number of aryl methyl sites for hydroxylation is 1. The van der Waals surface area contributed by atoms with Crippen LogP contribution in [-0.2, 0) is 6.54 Å². The minimum atomic E-state index is -0.274. The molecule has 0 bridgehead atoms. The predicted octanol–water partition coefficient (Wildman–Crippen LogP) is 3.93. The number of ether oxygens (including phenoxy) is 1. The molecule has 3 atom stereocenters. The Hall–Kier alpha value is -2.60. The van der Waals surface area contributed by atoms with Crippen LogP contribution in [0, 0.1) is 24.6 Å². The number of methoxy groups -OCH3 is 1. The third-order valence-electron chi connectivity index (χ3n) is 6.45. The van der Waals surface area contributed by atoms with Crippen molar-refractivity contribution in [2.75, 3.05) is 40.8 Å². The molecule has 0 spiro atoms. The van der Waals surface area contributed by atoms with Gasteiger partial charge in [0.1, 0.15) is 11.6 Å². The fourth-order valence-electron chi connectivity index (χ4n) is 5.13. The molecule has 2 fully saturated rings. The highest BCUT2D eigenvalue weighted by molar-refractivity contribution is 5.75. The van der Waals surface area contributed by atoms with Crippen LogP contribution in [0.2, 0.25) is 0 Å². The number of carbonyl (C=O) groups excluding carboxylic acids is 1. The normalized spacial score (nSPS) is 23.5. The smallest absolute Gasteiger partial charge is 0.320 e. The van der Waals surface area contributed by atoms with Gasteiger partial charge in [-0.3, -0.25) is 4.90 Å². The zero-order valence-corrected chi connectivity index (χ0v) is 18.1. The molecule has 0 aromatic heterocycles. The van der Waals surface area contributed by atoms with E-state index in [1.165, 1.54) is 17.2 Å². The van der Waals surface area contributed by atoms with Crippen molar-refractivity contribution in [3.63, 3.8) is 0 Å². The second-order valence-electron chi connectivity index (χ2n) is 8.75. The zero-order valence-electron chi connectivity index (χ0n) is 18.1. The zero-order chi connectivity index (χ0) is 21.4. The summed E-state index contributed by atoms with van der Waals surface area (Å²) in [6.45, 7) is 5.35. The fraction of sp³-hybridized carbons (Fsp3) is 0.458. The maximum absolute atomic E-state index is 13.9. The van der Waals surface area contributed by atoms with Crippen molar-refractivity contribution in [1.29, 1.82) is 0 Å². The number of nitrogens with zero attached hydrogens (tertiary/aromatic N) is 3. The number of halogens is 1. The summed E-state index contributed by atoms with van der Waals surface area (Å²) in [5.74, 6) is 1.05. The summed E-state index contributed by atoms with van der Waals surface area (Å²) >= 11 is 0. The quantitative estimate of drug-likeness (QED) is 0.765. The molecule has 30 heavy (non-hydrogen) atoms. The molecule has 0 saturated carbocycles. The number of hydrogen-bond acceptors (Lipinski definition) is 3. The molecule has 2 aromatic carbocycles. The summed E-state index contributed by atoms with van der Waals surface area (Å²) in [6, 6.07) is 13.4. The summed E-state index contributed by atoms with van der Waals surface area (Å²) in [6.07, 6.45) is 0. The van der Waals surface area contributed by atoms with E-state index < -0.39 is 0 Å². The minimum absolute atomic E-state index is 0.0677. The first-order valence-electron chi connectivity index (χ1n) is 10.5. The van der Waals surface area contributed by atoms with E-state index in [1.807, 2.05) is 31.1 Å². The number of benzene rings is 2. The Kier molecular flexibility index (Phi) is 5.69. The molecule has 2 heterocycles. The topological polar surface area (TPSA) is 36.0 Å². The molecule has 0 unspecified atom stereocenters. The molecule has 5 nitrogen and oxygen atoms in total. The molecule has 160 valence electrons. The molecule has 2 aromatic rings. The van der Waals surface area contributed by atoms with E-state index in [0.717, 1.165) is 25.2 Å². The molecule has 0 N–H and O–H groups in total. The number of likely N-dealkylation sites (tertiary alicyclic amines) is 2. The van der Waals surface area contributed by atoms with Crippen molar-refractivity contribution in [1.82, 2.24) is 14.7 Å². The first-order chi connectivity index (χ1) is 14.4. The third kappa shape index (κ3) is 3.88. The van der Waals surface area contributed by atoms with Gasteiger partial charge < -0.3 is 14.5 Å². The fourth-order valence-corrected chi connectivity index (χ4v) is 5.13. The maximum Gasteiger partial charge on any atom is 0.320 e. The summed E-state index contributed by atoms with van der Waals surface area (Å²) in [5.41, 5.74) is 3.36. The van der Waals surface area contributed by atoms with Gasteiger partial charge in [-0.25, -0.2) is 9.18 Å². The molecule has 0 aliphatic carbocycles. The summed E-state index contributed by atoms with van der Waals surface area (Å²) < 4.78 is 19.1. The number of rotatable bonds is 4. The Morgan fingerprint density at radius 3 is 2.63 bits per heavy atom. The number of urea groups is 1. The van der Waals surface area contributed by atoms with Crippen LogP contribution in [0.1, 0.15) is 22.7 Å². The molecule has 2 saturated heterocycles. The Labute approximate surface area is 178 Å². The molecule has 2 aliphatic heterocycles. The van der Waals surface area contributed by atoms with Crippen LogP contribution in [0.15, 0.2) is 42.5 Å². The van der Waals surface area contributed by atoms with E-state index in [1.54, 1.807) is 18.1 Å². The van der Waals surface area contributed by atoms with Gasteiger partial charge in [0, 0.05) is 52.3 Å². The monoisotopic (exact) mass is 411 g/mol. The standard InChI is InChI=1S/C24H30FN3O2/c1-16-7-5-6-8-21(16)23-22-15-27(12-17-9-19(25)11-20(10-17)30-4)13-18(22)14-28(23)24(29)26(2)3/h5-11,18,22-23H,12-15H2,1-4H3/t18-,22-,23+/m1/s1. The first-order valence-corrected chi connectivity index (χ1v) is 10.5. The van der Waals surface area contributed by atoms with Crippen LogP contribution >= 0.6 is 0 Å². The summed E-state index contributed by atoms with van der Waals surface area (Å²) in [5, 5.41) is 0. The largest absolute Gasteiger partial charge is 0.497 e. The van der Waals surface area contributed by atoms with E-state index in [-0.39, 0.29) is 17.9 Å². The van der Waals surface area contributed by atoms with Crippen molar-refractivity contribution >= 4 is 6.03 Å². The van der Waals surface area contributed by atoms with Gasteiger partial charge in [0.2, 0.25) is 0 Å².